The van der Waals surface area contributed by atoms with Gasteiger partial charge in [0.15, 0.2) is 5.88 Å². The van der Waals surface area contributed by atoms with Gasteiger partial charge in [-0.15, -0.1) is 0 Å². The highest BCUT2D eigenvalue weighted by Gasteiger charge is 2.20. The van der Waals surface area contributed by atoms with Gasteiger partial charge >= 0.3 is 5.97 Å². The van der Waals surface area contributed by atoms with Gasteiger partial charge in [0.25, 0.3) is 0 Å². The van der Waals surface area contributed by atoms with E-state index in [1.807, 2.05) is 19.0 Å². The van der Waals surface area contributed by atoms with Crippen molar-refractivity contribution in [2.45, 2.75) is 6.42 Å². The van der Waals surface area contributed by atoms with Crippen LogP contribution in [0.1, 0.15) is 16.7 Å². The number of aromatic nitrogens is 1. The third kappa shape index (κ3) is 6.78. The fourth-order valence-corrected chi connectivity index (χ4v) is 5.30. The summed E-state index contributed by atoms with van der Waals surface area (Å²) in [5.74, 6) is -1.03. The van der Waals surface area contributed by atoms with Crippen LogP contribution in [0.5, 0.6) is 5.88 Å². The number of fused-ring (bicyclic) bond motifs is 1. The maximum Gasteiger partial charge on any atom is 0.307 e. The van der Waals surface area contributed by atoms with E-state index < -0.39 is 16.0 Å². The molecule has 0 atom stereocenters. The van der Waals surface area contributed by atoms with Crippen LogP contribution >= 0.6 is 11.6 Å². The SMILES string of the molecule is CN(C)CCN(c1ccc(N=C(c2ccc(CC(=O)O)cc2)c2c(O)[nH]c3cc(Cl)ccc23)cc1)S(C)(=O)=O. The van der Waals surface area contributed by atoms with Gasteiger partial charge in [-0.25, -0.2) is 13.4 Å². The molecule has 0 aliphatic carbocycles. The van der Waals surface area contributed by atoms with E-state index in [1.165, 1.54) is 10.6 Å². The number of anilines is 1. The van der Waals surface area contributed by atoms with Crippen LogP contribution in [0.3, 0.4) is 0 Å². The van der Waals surface area contributed by atoms with E-state index in [1.54, 1.807) is 66.7 Å². The minimum absolute atomic E-state index is 0.0933. The van der Waals surface area contributed by atoms with Gasteiger partial charge in [0.2, 0.25) is 10.0 Å². The molecule has 4 rings (SSSR count). The summed E-state index contributed by atoms with van der Waals surface area (Å²) < 4.78 is 26.2. The number of rotatable bonds is 10. The number of halogens is 1. The van der Waals surface area contributed by atoms with Crippen LogP contribution in [0.4, 0.5) is 11.4 Å². The van der Waals surface area contributed by atoms with Crippen LogP contribution in [0, 0.1) is 0 Å². The van der Waals surface area contributed by atoms with Crippen LogP contribution in [0.15, 0.2) is 71.7 Å². The highest BCUT2D eigenvalue weighted by Crippen LogP contribution is 2.33. The molecule has 3 N–H and O–H groups in total. The van der Waals surface area contributed by atoms with E-state index in [0.29, 0.717) is 62.8 Å². The van der Waals surface area contributed by atoms with E-state index in [4.69, 9.17) is 21.7 Å². The molecule has 204 valence electrons. The number of benzene rings is 3. The van der Waals surface area contributed by atoms with Gasteiger partial charge in [-0.2, -0.15) is 0 Å². The predicted octanol–water partition coefficient (Wildman–Crippen LogP) is 4.65. The topological polar surface area (TPSA) is 126 Å². The average molecular weight is 569 g/mol. The van der Waals surface area contributed by atoms with Crippen LogP contribution in [0.2, 0.25) is 5.02 Å². The fourth-order valence-electron chi connectivity index (χ4n) is 4.21. The molecular weight excluding hydrogens is 540 g/mol. The summed E-state index contributed by atoms with van der Waals surface area (Å²) >= 11 is 6.15. The van der Waals surface area contributed by atoms with E-state index in [9.17, 15) is 18.3 Å². The van der Waals surface area contributed by atoms with Crippen LogP contribution in [-0.4, -0.2) is 73.6 Å². The van der Waals surface area contributed by atoms with Gasteiger partial charge < -0.3 is 20.1 Å². The van der Waals surface area contributed by atoms with Crippen LogP contribution < -0.4 is 4.31 Å². The number of aliphatic carboxylic acids is 1. The molecule has 1 aromatic heterocycles. The van der Waals surface area contributed by atoms with Gasteiger partial charge in [0.1, 0.15) is 0 Å². The van der Waals surface area contributed by atoms with Crippen molar-refractivity contribution in [2.75, 3.05) is 37.7 Å². The third-order valence-corrected chi connectivity index (χ3v) is 7.52. The van der Waals surface area contributed by atoms with Gasteiger partial charge in [-0.1, -0.05) is 41.9 Å². The smallest absolute Gasteiger partial charge is 0.307 e. The van der Waals surface area contributed by atoms with Crippen LogP contribution in [0.25, 0.3) is 10.9 Å². The zero-order valence-electron chi connectivity index (χ0n) is 21.7. The molecule has 0 spiro atoms. The number of carboxylic acid groups (broad SMARTS) is 1. The summed E-state index contributed by atoms with van der Waals surface area (Å²) in [4.78, 5) is 20.8. The summed E-state index contributed by atoms with van der Waals surface area (Å²) in [6.07, 6.45) is 1.06. The Hall–Kier alpha value is -3.86. The quantitative estimate of drug-likeness (QED) is 0.239. The van der Waals surface area contributed by atoms with E-state index in [2.05, 4.69) is 4.98 Å². The van der Waals surface area contributed by atoms with Crippen molar-refractivity contribution in [1.29, 1.82) is 0 Å². The number of hydrogen-bond donors (Lipinski definition) is 3. The van der Waals surface area contributed by atoms with Gasteiger partial charge in [0.05, 0.1) is 40.8 Å². The summed E-state index contributed by atoms with van der Waals surface area (Å²) in [5, 5.41) is 21.2. The zero-order chi connectivity index (χ0) is 28.3. The highest BCUT2D eigenvalue weighted by molar-refractivity contribution is 7.92. The monoisotopic (exact) mass is 568 g/mol. The summed E-state index contributed by atoms with van der Waals surface area (Å²) in [5.41, 5.74) is 3.87. The molecule has 9 nitrogen and oxygen atoms in total. The number of carbonyl (C=O) groups is 1. The molecule has 11 heteroatoms. The summed E-state index contributed by atoms with van der Waals surface area (Å²) in [7, 11) is 0.261. The Morgan fingerprint density at radius 2 is 1.67 bits per heavy atom. The first-order chi connectivity index (χ1) is 18.4. The first-order valence-electron chi connectivity index (χ1n) is 12.1. The lowest BCUT2D eigenvalue weighted by Crippen LogP contribution is -2.35. The van der Waals surface area contributed by atoms with Crippen molar-refractivity contribution in [3.8, 4) is 5.88 Å². The Labute approximate surface area is 232 Å². The minimum atomic E-state index is -3.49. The number of aliphatic imine (C=N–C) groups is 1. The molecule has 0 fully saturated rings. The lowest BCUT2D eigenvalue weighted by molar-refractivity contribution is -0.136. The Morgan fingerprint density at radius 3 is 2.26 bits per heavy atom. The number of nitrogens with zero attached hydrogens (tertiary/aromatic N) is 3. The molecule has 4 aromatic rings. The molecule has 1 heterocycles. The third-order valence-electron chi connectivity index (χ3n) is 6.09. The Bertz CT molecular complexity index is 1630. The van der Waals surface area contributed by atoms with Gasteiger partial charge in [-0.3, -0.25) is 9.10 Å². The van der Waals surface area contributed by atoms with Crippen molar-refractivity contribution in [1.82, 2.24) is 9.88 Å². The molecule has 0 bridgehead atoms. The Morgan fingerprint density at radius 1 is 1.00 bits per heavy atom. The van der Waals surface area contributed by atoms with Crippen molar-refractivity contribution < 1.29 is 23.4 Å². The maximum absolute atomic E-state index is 12.4. The lowest BCUT2D eigenvalue weighted by atomic mass is 9.99. The van der Waals surface area contributed by atoms with Crippen molar-refractivity contribution >= 4 is 55.6 Å². The number of H-pyrrole nitrogens is 1. The van der Waals surface area contributed by atoms with Gasteiger partial charge in [0, 0.05) is 29.1 Å². The molecule has 0 aliphatic rings. The number of aromatic hydroxyl groups is 1. The molecule has 39 heavy (non-hydrogen) atoms. The predicted molar refractivity (Wildman–Crippen MR) is 155 cm³/mol. The zero-order valence-corrected chi connectivity index (χ0v) is 23.3. The summed E-state index contributed by atoms with van der Waals surface area (Å²) in [6.45, 7) is 0.854. The van der Waals surface area contributed by atoms with Crippen molar-refractivity contribution in [3.63, 3.8) is 0 Å². The fraction of sp³-hybridized carbons (Fsp3) is 0.214. The number of carboxylic acids is 1. The number of likely N-dealkylation sites (N-methyl/N-ethyl adjacent to an activating group) is 1. The molecule has 0 saturated heterocycles. The second-order valence-electron chi connectivity index (χ2n) is 9.42. The molecule has 0 radical (unpaired) electrons. The highest BCUT2D eigenvalue weighted by atomic mass is 35.5. The van der Waals surface area contributed by atoms with Crippen molar-refractivity contribution in [2.24, 2.45) is 4.99 Å². The molecule has 0 aliphatic heterocycles. The lowest BCUT2D eigenvalue weighted by Gasteiger charge is -2.24. The Kier molecular flexibility index (Phi) is 8.29. The Balaban J connectivity index is 1.80. The number of aromatic amines is 1. The second kappa shape index (κ2) is 11.5. The molecule has 0 amide bonds. The maximum atomic E-state index is 12.4. The number of nitrogens with one attached hydrogen (secondary N) is 1. The number of hydrogen-bond acceptors (Lipinski definition) is 6. The molecular formula is C28H29ClN4O5S. The number of sulfonamides is 1. The summed E-state index contributed by atoms with van der Waals surface area (Å²) in [6, 6.07) is 18.9. The van der Waals surface area contributed by atoms with Gasteiger partial charge in [-0.05, 0) is 56.1 Å². The van der Waals surface area contributed by atoms with Crippen LogP contribution in [-0.2, 0) is 21.2 Å². The van der Waals surface area contributed by atoms with Crippen molar-refractivity contribution in [3.05, 3.63) is 88.4 Å². The van der Waals surface area contributed by atoms with E-state index in [-0.39, 0.29) is 12.3 Å². The first-order valence-corrected chi connectivity index (χ1v) is 14.3. The minimum Gasteiger partial charge on any atom is -0.494 e. The molecule has 0 saturated carbocycles. The largest absolute Gasteiger partial charge is 0.494 e. The molecule has 3 aromatic carbocycles. The normalized spacial score (nSPS) is 12.3. The van der Waals surface area contributed by atoms with E-state index >= 15 is 0 Å². The second-order valence-corrected chi connectivity index (χ2v) is 11.8. The average Bonchev–Trinajstić information content (AvgIpc) is 3.17. The standard InChI is InChI=1S/C28H29ClN4O5S/c1-32(2)14-15-33(39(3,37)38)22-11-9-21(10-12-22)30-27(19-6-4-18(5-7-19)16-25(34)35)26-23-13-8-20(29)17-24(23)31-28(26)36/h4-13,17,31,36H,14-16H2,1-3H3,(H,34,35). The first kappa shape index (κ1) is 28.2. The van der Waals surface area contributed by atoms with E-state index in [0.717, 1.165) is 0 Å². The molecule has 0 unspecified atom stereocenters.